The Morgan fingerprint density at radius 3 is 2.79 bits per heavy atom. The topological polar surface area (TPSA) is 42.4 Å². The first-order valence-corrected chi connectivity index (χ1v) is 4.95. The highest BCUT2D eigenvalue weighted by Crippen LogP contribution is 2.12. The van der Waals surface area contributed by atoms with Crippen LogP contribution in [0.25, 0.3) is 0 Å². The molecule has 0 amide bonds. The van der Waals surface area contributed by atoms with E-state index in [4.69, 9.17) is 22.4 Å². The molecule has 1 rings (SSSR count). The van der Waals surface area contributed by atoms with Crippen molar-refractivity contribution < 1.29 is 4.42 Å². The highest BCUT2D eigenvalue weighted by molar-refractivity contribution is 7.80. The minimum absolute atomic E-state index is 0.110. The lowest BCUT2D eigenvalue weighted by Crippen LogP contribution is -2.38. The van der Waals surface area contributed by atoms with Crippen LogP contribution in [0.3, 0.4) is 0 Å². The van der Waals surface area contributed by atoms with Gasteiger partial charge in [-0.1, -0.05) is 12.2 Å². The number of rotatable bonds is 4. The van der Waals surface area contributed by atoms with Crippen LogP contribution in [-0.2, 0) is 6.54 Å². The first kappa shape index (κ1) is 11.2. The number of thiocarbonyl (C=S) groups is 1. The van der Waals surface area contributed by atoms with Crippen molar-refractivity contribution in [2.75, 3.05) is 7.05 Å². The monoisotopic (exact) mass is 212 g/mol. The van der Waals surface area contributed by atoms with E-state index in [1.807, 2.05) is 27.0 Å². The molecule has 0 aromatic carbocycles. The van der Waals surface area contributed by atoms with E-state index in [2.05, 4.69) is 4.90 Å². The van der Waals surface area contributed by atoms with Gasteiger partial charge in [0, 0.05) is 12.1 Å². The minimum atomic E-state index is 0.110. The molecule has 1 unspecified atom stereocenters. The zero-order valence-electron chi connectivity index (χ0n) is 8.78. The predicted molar refractivity (Wildman–Crippen MR) is 61.2 cm³/mol. The van der Waals surface area contributed by atoms with Crippen molar-refractivity contribution in [2.24, 2.45) is 5.73 Å². The fraction of sp³-hybridized carbons (Fsp3) is 0.500. The molecular formula is C10H16N2OS. The lowest BCUT2D eigenvalue weighted by molar-refractivity contribution is 0.302. The molecule has 3 nitrogen and oxygen atoms in total. The van der Waals surface area contributed by atoms with Gasteiger partial charge in [-0.2, -0.15) is 0 Å². The molecule has 1 aromatic rings. The molecule has 0 aliphatic rings. The van der Waals surface area contributed by atoms with Crippen molar-refractivity contribution in [1.29, 1.82) is 0 Å². The number of likely N-dealkylation sites (N-methyl/N-ethyl adjacent to an activating group) is 1. The van der Waals surface area contributed by atoms with Crippen molar-refractivity contribution in [2.45, 2.75) is 26.4 Å². The molecule has 1 aromatic heterocycles. The standard InChI is InChI=1S/C10H16N2OS/c1-7(10(11)14)12(3)6-9-4-5-13-8(9)2/h4-5,7H,6H2,1-3H3,(H2,11,14). The van der Waals surface area contributed by atoms with Crippen molar-refractivity contribution in [3.63, 3.8) is 0 Å². The van der Waals surface area contributed by atoms with Gasteiger partial charge in [-0.15, -0.1) is 0 Å². The smallest absolute Gasteiger partial charge is 0.105 e. The summed E-state index contributed by atoms with van der Waals surface area (Å²) in [6.45, 7) is 4.76. The second-order valence-corrected chi connectivity index (χ2v) is 3.97. The Labute approximate surface area is 89.9 Å². The van der Waals surface area contributed by atoms with Gasteiger partial charge in [-0.05, 0) is 27.0 Å². The van der Waals surface area contributed by atoms with Gasteiger partial charge >= 0.3 is 0 Å². The van der Waals surface area contributed by atoms with Crippen LogP contribution in [0.5, 0.6) is 0 Å². The Bertz CT molecular complexity index is 322. The van der Waals surface area contributed by atoms with Gasteiger partial charge in [-0.25, -0.2) is 0 Å². The highest BCUT2D eigenvalue weighted by atomic mass is 32.1. The second-order valence-electron chi connectivity index (χ2n) is 3.50. The summed E-state index contributed by atoms with van der Waals surface area (Å²) in [7, 11) is 2.00. The zero-order chi connectivity index (χ0) is 10.7. The van der Waals surface area contributed by atoms with Crippen LogP contribution in [0.2, 0.25) is 0 Å². The average molecular weight is 212 g/mol. The van der Waals surface area contributed by atoms with E-state index in [0.717, 1.165) is 12.3 Å². The maximum absolute atomic E-state index is 5.57. The maximum Gasteiger partial charge on any atom is 0.105 e. The number of nitrogens with two attached hydrogens (primary N) is 1. The average Bonchev–Trinajstić information content (AvgIpc) is 2.50. The van der Waals surface area contributed by atoms with Gasteiger partial charge in [0.15, 0.2) is 0 Å². The molecule has 0 fully saturated rings. The van der Waals surface area contributed by atoms with Crippen LogP contribution in [-0.4, -0.2) is 23.0 Å². The molecule has 0 radical (unpaired) electrons. The van der Waals surface area contributed by atoms with Gasteiger partial charge in [0.05, 0.1) is 17.3 Å². The number of hydrogen-bond acceptors (Lipinski definition) is 3. The van der Waals surface area contributed by atoms with Gasteiger partial charge in [0.25, 0.3) is 0 Å². The molecule has 4 heteroatoms. The van der Waals surface area contributed by atoms with E-state index in [1.54, 1.807) is 6.26 Å². The molecule has 2 N–H and O–H groups in total. The lowest BCUT2D eigenvalue weighted by Gasteiger charge is -2.23. The molecule has 1 heterocycles. The first-order valence-electron chi connectivity index (χ1n) is 4.55. The SMILES string of the molecule is Cc1occc1CN(C)C(C)C(N)=S. The molecular weight excluding hydrogens is 196 g/mol. The van der Waals surface area contributed by atoms with E-state index in [9.17, 15) is 0 Å². The third kappa shape index (κ3) is 2.56. The Morgan fingerprint density at radius 2 is 2.36 bits per heavy atom. The predicted octanol–water partition coefficient (Wildman–Crippen LogP) is 1.69. The normalized spacial score (nSPS) is 13.1. The molecule has 14 heavy (non-hydrogen) atoms. The summed E-state index contributed by atoms with van der Waals surface area (Å²) in [5.74, 6) is 0.951. The summed E-state index contributed by atoms with van der Waals surface area (Å²) in [4.78, 5) is 2.62. The van der Waals surface area contributed by atoms with E-state index < -0.39 is 0 Å². The highest BCUT2D eigenvalue weighted by Gasteiger charge is 2.13. The van der Waals surface area contributed by atoms with Crippen LogP contribution in [0.15, 0.2) is 16.7 Å². The van der Waals surface area contributed by atoms with Gasteiger partial charge < -0.3 is 10.2 Å². The first-order chi connectivity index (χ1) is 6.52. The van der Waals surface area contributed by atoms with Crippen LogP contribution >= 0.6 is 12.2 Å². The molecule has 0 saturated carbocycles. The van der Waals surface area contributed by atoms with Crippen LogP contribution in [0, 0.1) is 6.92 Å². The quantitative estimate of drug-likeness (QED) is 0.771. The van der Waals surface area contributed by atoms with Gasteiger partial charge in [-0.3, -0.25) is 4.90 Å². The molecule has 0 bridgehead atoms. The third-order valence-corrected chi connectivity index (χ3v) is 2.80. The van der Waals surface area contributed by atoms with E-state index in [0.29, 0.717) is 4.99 Å². The Kier molecular flexibility index (Phi) is 3.66. The zero-order valence-corrected chi connectivity index (χ0v) is 9.60. The lowest BCUT2D eigenvalue weighted by atomic mass is 10.2. The van der Waals surface area contributed by atoms with Crippen LogP contribution < -0.4 is 5.73 Å². The summed E-state index contributed by atoms with van der Waals surface area (Å²) in [6.07, 6.45) is 1.70. The fourth-order valence-electron chi connectivity index (χ4n) is 1.20. The van der Waals surface area contributed by atoms with E-state index in [1.165, 1.54) is 5.56 Å². The second kappa shape index (κ2) is 4.57. The third-order valence-electron chi connectivity index (χ3n) is 2.46. The summed E-state index contributed by atoms with van der Waals surface area (Å²) >= 11 is 4.94. The Morgan fingerprint density at radius 1 is 1.71 bits per heavy atom. The summed E-state index contributed by atoms with van der Waals surface area (Å²) < 4.78 is 5.21. The summed E-state index contributed by atoms with van der Waals surface area (Å²) in [5.41, 5.74) is 6.75. The molecule has 1 atom stereocenters. The number of furan rings is 1. The van der Waals surface area contributed by atoms with E-state index >= 15 is 0 Å². The van der Waals surface area contributed by atoms with Crippen LogP contribution in [0.4, 0.5) is 0 Å². The largest absolute Gasteiger partial charge is 0.469 e. The minimum Gasteiger partial charge on any atom is -0.469 e. The van der Waals surface area contributed by atoms with Gasteiger partial charge in [0.2, 0.25) is 0 Å². The van der Waals surface area contributed by atoms with Crippen molar-refractivity contribution in [3.8, 4) is 0 Å². The molecule has 78 valence electrons. The molecule has 0 saturated heterocycles. The van der Waals surface area contributed by atoms with Gasteiger partial charge in [0.1, 0.15) is 5.76 Å². The van der Waals surface area contributed by atoms with Crippen molar-refractivity contribution in [1.82, 2.24) is 4.90 Å². The molecule has 0 aliphatic carbocycles. The molecule has 0 aliphatic heterocycles. The maximum atomic E-state index is 5.57. The fourth-order valence-corrected chi connectivity index (χ4v) is 1.38. The summed E-state index contributed by atoms with van der Waals surface area (Å²) in [6, 6.07) is 2.08. The Hall–Kier alpha value is -0.870. The van der Waals surface area contributed by atoms with Crippen molar-refractivity contribution in [3.05, 3.63) is 23.7 Å². The Balaban J connectivity index is 2.61. The van der Waals surface area contributed by atoms with E-state index in [-0.39, 0.29) is 6.04 Å². The summed E-state index contributed by atoms with van der Waals surface area (Å²) in [5, 5.41) is 0. The van der Waals surface area contributed by atoms with Crippen molar-refractivity contribution >= 4 is 17.2 Å². The number of nitrogens with zero attached hydrogens (tertiary/aromatic N) is 1. The number of aryl methyl sites for hydroxylation is 1. The molecule has 0 spiro atoms. The van der Waals surface area contributed by atoms with Crippen LogP contribution in [0.1, 0.15) is 18.2 Å². The number of hydrogen-bond donors (Lipinski definition) is 1.